The van der Waals surface area contributed by atoms with Crippen LogP contribution in [-0.2, 0) is 4.74 Å². The Morgan fingerprint density at radius 1 is 1.44 bits per heavy atom. The van der Waals surface area contributed by atoms with Crippen molar-refractivity contribution in [2.75, 3.05) is 7.11 Å². The Balaban J connectivity index is 2.12. The largest absolute Gasteiger partial charge is 0.474 e. The zero-order chi connectivity index (χ0) is 13.1. The van der Waals surface area contributed by atoms with Gasteiger partial charge in [0.25, 0.3) is 0 Å². The summed E-state index contributed by atoms with van der Waals surface area (Å²) in [5, 5.41) is 0. The van der Waals surface area contributed by atoms with Gasteiger partial charge >= 0.3 is 5.97 Å². The lowest BCUT2D eigenvalue weighted by Gasteiger charge is -2.13. The van der Waals surface area contributed by atoms with Crippen molar-refractivity contribution in [3.05, 3.63) is 17.6 Å². The number of carbonyl (C=O) groups excluding carboxylic acids is 1. The van der Waals surface area contributed by atoms with Crippen LogP contribution >= 0.6 is 0 Å². The van der Waals surface area contributed by atoms with E-state index in [1.165, 1.54) is 7.11 Å². The zero-order valence-electron chi connectivity index (χ0n) is 10.5. The van der Waals surface area contributed by atoms with Gasteiger partial charge in [-0.3, -0.25) is 0 Å². The molecule has 0 saturated heterocycles. The van der Waals surface area contributed by atoms with Crippen LogP contribution in [0.25, 0.3) is 0 Å². The fraction of sp³-hybridized carbons (Fsp3) is 0.583. The number of hydrogen-bond acceptors (Lipinski definition) is 6. The van der Waals surface area contributed by atoms with E-state index in [9.17, 15) is 4.79 Å². The van der Waals surface area contributed by atoms with Crippen molar-refractivity contribution in [1.29, 1.82) is 0 Å². The summed E-state index contributed by atoms with van der Waals surface area (Å²) in [6, 6.07) is 1.90. The second kappa shape index (κ2) is 5.30. The summed E-state index contributed by atoms with van der Waals surface area (Å²) in [6.45, 7) is 1.78. The van der Waals surface area contributed by atoms with Crippen LogP contribution in [0.3, 0.4) is 0 Å². The van der Waals surface area contributed by atoms with Crippen LogP contribution in [0.15, 0.2) is 6.07 Å². The van der Waals surface area contributed by atoms with Gasteiger partial charge in [0.2, 0.25) is 11.7 Å². The van der Waals surface area contributed by atoms with Gasteiger partial charge in [-0.25, -0.2) is 9.78 Å². The van der Waals surface area contributed by atoms with Crippen molar-refractivity contribution in [2.24, 2.45) is 5.73 Å². The van der Waals surface area contributed by atoms with Crippen LogP contribution in [0.4, 0.5) is 0 Å². The summed E-state index contributed by atoms with van der Waals surface area (Å²) in [5.41, 5.74) is 6.49. The molecule has 1 heterocycles. The molecule has 2 rings (SSSR count). The molecule has 1 fully saturated rings. The van der Waals surface area contributed by atoms with Gasteiger partial charge in [0, 0.05) is 17.8 Å². The van der Waals surface area contributed by atoms with E-state index >= 15 is 0 Å². The van der Waals surface area contributed by atoms with Gasteiger partial charge in [-0.2, -0.15) is 4.98 Å². The van der Waals surface area contributed by atoms with Gasteiger partial charge in [-0.15, -0.1) is 0 Å². The summed E-state index contributed by atoms with van der Waals surface area (Å²) >= 11 is 0. The molecule has 2 atom stereocenters. The Morgan fingerprint density at radius 3 is 2.83 bits per heavy atom. The number of carbonyl (C=O) groups is 1. The maximum atomic E-state index is 11.4. The lowest BCUT2D eigenvalue weighted by atomic mass is 10.3. The first-order valence-electron chi connectivity index (χ1n) is 5.94. The molecule has 0 spiro atoms. The van der Waals surface area contributed by atoms with Crippen molar-refractivity contribution < 1.29 is 14.3 Å². The normalized spacial score (nSPS) is 22.8. The van der Waals surface area contributed by atoms with E-state index in [0.29, 0.717) is 11.6 Å². The lowest BCUT2D eigenvalue weighted by Crippen LogP contribution is -2.20. The van der Waals surface area contributed by atoms with E-state index in [1.54, 1.807) is 13.0 Å². The van der Waals surface area contributed by atoms with Gasteiger partial charge in [0.15, 0.2) is 0 Å². The van der Waals surface area contributed by atoms with Gasteiger partial charge in [-0.05, 0) is 26.2 Å². The average molecular weight is 251 g/mol. The maximum absolute atomic E-state index is 11.4. The molecule has 6 nitrogen and oxygen atoms in total. The topological polar surface area (TPSA) is 87.3 Å². The minimum absolute atomic E-state index is 0.0230. The van der Waals surface area contributed by atoms with Gasteiger partial charge in [0.1, 0.15) is 6.10 Å². The second-order valence-electron chi connectivity index (χ2n) is 4.48. The number of nitrogens with zero attached hydrogens (tertiary/aromatic N) is 2. The van der Waals surface area contributed by atoms with Crippen molar-refractivity contribution in [3.8, 4) is 5.88 Å². The molecule has 0 bridgehead atoms. The Labute approximate surface area is 106 Å². The highest BCUT2D eigenvalue weighted by Gasteiger charge is 2.24. The van der Waals surface area contributed by atoms with E-state index in [4.69, 9.17) is 10.5 Å². The summed E-state index contributed by atoms with van der Waals surface area (Å²) in [4.78, 5) is 19.4. The molecule has 2 unspecified atom stereocenters. The number of hydrogen-bond donors (Lipinski definition) is 1. The Kier molecular flexibility index (Phi) is 3.76. The monoisotopic (exact) mass is 251 g/mol. The van der Waals surface area contributed by atoms with Crippen LogP contribution < -0.4 is 10.5 Å². The molecule has 6 heteroatoms. The predicted molar refractivity (Wildman–Crippen MR) is 64.4 cm³/mol. The molecule has 1 saturated carbocycles. The van der Waals surface area contributed by atoms with E-state index in [1.807, 2.05) is 0 Å². The predicted octanol–water partition coefficient (Wildman–Crippen LogP) is 0.830. The van der Waals surface area contributed by atoms with Gasteiger partial charge in [-0.1, -0.05) is 0 Å². The Morgan fingerprint density at radius 2 is 2.22 bits per heavy atom. The first-order chi connectivity index (χ1) is 8.58. The molecule has 18 heavy (non-hydrogen) atoms. The minimum Gasteiger partial charge on any atom is -0.474 e. The molecule has 0 aliphatic heterocycles. The fourth-order valence-corrected chi connectivity index (χ4v) is 2.03. The molecule has 1 aromatic rings. The highest BCUT2D eigenvalue weighted by atomic mass is 16.5. The molecule has 1 aliphatic rings. The first-order valence-corrected chi connectivity index (χ1v) is 5.94. The van der Waals surface area contributed by atoms with E-state index in [-0.39, 0.29) is 18.0 Å². The molecule has 98 valence electrons. The number of methoxy groups -OCH3 is 1. The van der Waals surface area contributed by atoms with Crippen molar-refractivity contribution in [3.63, 3.8) is 0 Å². The summed E-state index contributed by atoms with van der Waals surface area (Å²) < 4.78 is 10.3. The molecular formula is C12H17N3O3. The van der Waals surface area contributed by atoms with E-state index < -0.39 is 5.97 Å². The molecule has 1 aliphatic carbocycles. The first kappa shape index (κ1) is 12.8. The number of aryl methyl sites for hydroxylation is 1. The fourth-order valence-electron chi connectivity index (χ4n) is 2.03. The van der Waals surface area contributed by atoms with Crippen LogP contribution in [-0.4, -0.2) is 35.2 Å². The molecule has 0 aromatic carbocycles. The lowest BCUT2D eigenvalue weighted by molar-refractivity contribution is 0.0583. The standard InChI is InChI=1S/C12H17N3O3/c1-7-5-10(15-11(14-7)12(16)17-2)18-9-4-3-8(13)6-9/h5,8-9H,3-4,6,13H2,1-2H3. The highest BCUT2D eigenvalue weighted by molar-refractivity contribution is 5.85. The van der Waals surface area contributed by atoms with Gasteiger partial charge < -0.3 is 15.2 Å². The summed E-state index contributed by atoms with van der Waals surface area (Å²) in [5.74, 6) is -0.136. The SMILES string of the molecule is COC(=O)c1nc(C)cc(OC2CCC(N)C2)n1. The summed E-state index contributed by atoms with van der Waals surface area (Å²) in [6.07, 6.45) is 2.76. The van der Waals surface area contributed by atoms with Crippen LogP contribution in [0.2, 0.25) is 0 Å². The Bertz CT molecular complexity index is 450. The molecule has 0 radical (unpaired) electrons. The maximum Gasteiger partial charge on any atom is 0.376 e. The Hall–Kier alpha value is -1.69. The number of esters is 1. The number of ether oxygens (including phenoxy) is 2. The summed E-state index contributed by atoms with van der Waals surface area (Å²) in [7, 11) is 1.30. The van der Waals surface area contributed by atoms with Crippen LogP contribution in [0.1, 0.15) is 35.6 Å². The average Bonchev–Trinajstić information content (AvgIpc) is 2.73. The quantitative estimate of drug-likeness (QED) is 0.801. The molecule has 1 aromatic heterocycles. The smallest absolute Gasteiger partial charge is 0.376 e. The van der Waals surface area contributed by atoms with Crippen molar-refractivity contribution in [1.82, 2.24) is 9.97 Å². The van der Waals surface area contributed by atoms with Crippen molar-refractivity contribution >= 4 is 5.97 Å². The van der Waals surface area contributed by atoms with Gasteiger partial charge in [0.05, 0.1) is 7.11 Å². The number of aromatic nitrogens is 2. The third kappa shape index (κ3) is 2.95. The number of rotatable bonds is 3. The third-order valence-electron chi connectivity index (χ3n) is 2.91. The number of nitrogens with two attached hydrogens (primary N) is 1. The van der Waals surface area contributed by atoms with E-state index in [0.717, 1.165) is 19.3 Å². The van der Waals surface area contributed by atoms with Crippen LogP contribution in [0, 0.1) is 6.92 Å². The zero-order valence-corrected chi connectivity index (χ0v) is 10.5. The van der Waals surface area contributed by atoms with Crippen LogP contribution in [0.5, 0.6) is 5.88 Å². The minimum atomic E-state index is -0.563. The molecule has 0 amide bonds. The van der Waals surface area contributed by atoms with E-state index in [2.05, 4.69) is 14.7 Å². The van der Waals surface area contributed by atoms with Crippen molar-refractivity contribution in [2.45, 2.75) is 38.3 Å². The molecule has 2 N–H and O–H groups in total. The molecular weight excluding hydrogens is 234 g/mol. The third-order valence-corrected chi connectivity index (χ3v) is 2.91. The highest BCUT2D eigenvalue weighted by Crippen LogP contribution is 2.22. The second-order valence-corrected chi connectivity index (χ2v) is 4.48.